The molecular weight excluding hydrogens is 282 g/mol. The molecule has 0 radical (unpaired) electrons. The second kappa shape index (κ2) is 6.73. The Kier molecular flexibility index (Phi) is 5.83. The van der Waals surface area contributed by atoms with Gasteiger partial charge in [-0.2, -0.15) is 0 Å². The number of sulfonamides is 1. The Morgan fingerprint density at radius 1 is 1.26 bits per heavy atom. The van der Waals surface area contributed by atoms with Crippen molar-refractivity contribution >= 4 is 21.6 Å². The second-order valence-corrected chi connectivity index (χ2v) is 7.35. The van der Waals surface area contributed by atoms with Crippen LogP contribution >= 0.6 is 11.6 Å². The standard InChI is InChI=1S/C14H22ClNO2S/c1-10-5-6-12(3)14(7-10)13(4)16-19(17,18)9-11(2)8-15/h5-7,11,13,16H,8-9H2,1-4H3. The summed E-state index contributed by atoms with van der Waals surface area (Å²) in [6.45, 7) is 7.68. The topological polar surface area (TPSA) is 46.2 Å². The van der Waals surface area contributed by atoms with Crippen molar-refractivity contribution in [1.82, 2.24) is 4.72 Å². The van der Waals surface area contributed by atoms with Crippen molar-refractivity contribution in [3.8, 4) is 0 Å². The maximum atomic E-state index is 12.0. The first kappa shape index (κ1) is 16.5. The molecule has 3 nitrogen and oxygen atoms in total. The molecule has 0 aliphatic rings. The van der Waals surface area contributed by atoms with Crippen molar-refractivity contribution in [2.75, 3.05) is 11.6 Å². The summed E-state index contributed by atoms with van der Waals surface area (Å²) in [5, 5.41) is 0. The Hall–Kier alpha value is -0.580. The number of nitrogens with one attached hydrogen (secondary N) is 1. The van der Waals surface area contributed by atoms with Gasteiger partial charge in [0.2, 0.25) is 10.0 Å². The Bertz CT molecular complexity index is 528. The van der Waals surface area contributed by atoms with Gasteiger partial charge in [0.15, 0.2) is 0 Å². The lowest BCUT2D eigenvalue weighted by Gasteiger charge is -2.18. The van der Waals surface area contributed by atoms with Crippen molar-refractivity contribution < 1.29 is 8.42 Å². The quantitative estimate of drug-likeness (QED) is 0.821. The Morgan fingerprint density at radius 3 is 2.47 bits per heavy atom. The minimum atomic E-state index is -3.30. The third kappa shape index (κ3) is 5.13. The predicted molar refractivity (Wildman–Crippen MR) is 81.1 cm³/mol. The smallest absolute Gasteiger partial charge is 0.212 e. The summed E-state index contributed by atoms with van der Waals surface area (Å²) >= 11 is 5.67. The van der Waals surface area contributed by atoms with Crippen LogP contribution in [0.2, 0.25) is 0 Å². The van der Waals surface area contributed by atoms with Gasteiger partial charge in [-0.1, -0.05) is 30.7 Å². The number of rotatable bonds is 6. The molecule has 0 bridgehead atoms. The van der Waals surface area contributed by atoms with Gasteiger partial charge in [-0.05, 0) is 37.8 Å². The van der Waals surface area contributed by atoms with Crippen LogP contribution in [0.4, 0.5) is 0 Å². The number of hydrogen-bond donors (Lipinski definition) is 1. The fraction of sp³-hybridized carbons (Fsp3) is 0.571. The summed E-state index contributed by atoms with van der Waals surface area (Å²) in [5.41, 5.74) is 3.23. The minimum absolute atomic E-state index is 0.0510. The number of halogens is 1. The first-order valence-electron chi connectivity index (χ1n) is 6.38. The molecule has 0 fully saturated rings. The molecule has 0 aliphatic heterocycles. The molecule has 0 aromatic heterocycles. The van der Waals surface area contributed by atoms with Gasteiger partial charge in [-0.25, -0.2) is 13.1 Å². The Balaban J connectivity index is 2.84. The molecule has 108 valence electrons. The van der Waals surface area contributed by atoms with Crippen LogP contribution in [0.3, 0.4) is 0 Å². The summed E-state index contributed by atoms with van der Waals surface area (Å²) < 4.78 is 26.7. The molecule has 0 spiro atoms. The molecule has 0 aliphatic carbocycles. The highest BCUT2D eigenvalue weighted by atomic mass is 35.5. The maximum Gasteiger partial charge on any atom is 0.212 e. The summed E-state index contributed by atoms with van der Waals surface area (Å²) in [7, 11) is -3.30. The molecule has 1 aromatic rings. The van der Waals surface area contributed by atoms with E-state index in [9.17, 15) is 8.42 Å². The molecule has 5 heteroatoms. The van der Waals surface area contributed by atoms with E-state index in [-0.39, 0.29) is 17.7 Å². The van der Waals surface area contributed by atoms with Crippen molar-refractivity contribution in [2.24, 2.45) is 5.92 Å². The lowest BCUT2D eigenvalue weighted by molar-refractivity contribution is 0.555. The molecule has 2 unspecified atom stereocenters. The third-order valence-electron chi connectivity index (χ3n) is 3.02. The molecule has 0 saturated carbocycles. The zero-order valence-electron chi connectivity index (χ0n) is 11.9. The first-order valence-corrected chi connectivity index (χ1v) is 8.57. The van der Waals surface area contributed by atoms with Gasteiger partial charge >= 0.3 is 0 Å². The normalized spacial score (nSPS) is 15.2. The van der Waals surface area contributed by atoms with E-state index in [4.69, 9.17) is 11.6 Å². The van der Waals surface area contributed by atoms with Crippen molar-refractivity contribution in [1.29, 1.82) is 0 Å². The summed E-state index contributed by atoms with van der Waals surface area (Å²) in [4.78, 5) is 0. The average molecular weight is 304 g/mol. The van der Waals surface area contributed by atoms with Gasteiger partial charge in [0.05, 0.1) is 5.75 Å². The lowest BCUT2D eigenvalue weighted by Crippen LogP contribution is -2.32. The van der Waals surface area contributed by atoms with Gasteiger partial charge in [0.25, 0.3) is 0 Å². The van der Waals surface area contributed by atoms with E-state index in [0.717, 1.165) is 16.7 Å². The Morgan fingerprint density at radius 2 is 1.89 bits per heavy atom. The summed E-state index contributed by atoms with van der Waals surface area (Å²) in [5.74, 6) is 0.356. The minimum Gasteiger partial charge on any atom is -0.212 e. The second-order valence-electron chi connectivity index (χ2n) is 5.24. The Labute approximate surface area is 121 Å². The van der Waals surface area contributed by atoms with Crippen LogP contribution in [0.1, 0.15) is 36.6 Å². The van der Waals surface area contributed by atoms with Gasteiger partial charge in [-0.15, -0.1) is 11.6 Å². The van der Waals surface area contributed by atoms with Crippen molar-refractivity contribution in [3.63, 3.8) is 0 Å². The number of benzene rings is 1. The van der Waals surface area contributed by atoms with Gasteiger partial charge in [0, 0.05) is 11.9 Å². The molecule has 1 N–H and O–H groups in total. The molecule has 2 atom stereocenters. The number of alkyl halides is 1. The molecule has 0 heterocycles. The van der Waals surface area contributed by atoms with Gasteiger partial charge in [-0.3, -0.25) is 0 Å². The average Bonchev–Trinajstić information content (AvgIpc) is 2.30. The van der Waals surface area contributed by atoms with E-state index in [1.807, 2.05) is 45.9 Å². The zero-order valence-corrected chi connectivity index (χ0v) is 13.5. The largest absolute Gasteiger partial charge is 0.212 e. The van der Waals surface area contributed by atoms with E-state index in [1.165, 1.54) is 0 Å². The molecule has 1 rings (SSSR count). The van der Waals surface area contributed by atoms with Crippen LogP contribution in [-0.2, 0) is 10.0 Å². The summed E-state index contributed by atoms with van der Waals surface area (Å²) in [6, 6.07) is 5.83. The van der Waals surface area contributed by atoms with Gasteiger partial charge in [0.1, 0.15) is 0 Å². The highest BCUT2D eigenvalue weighted by molar-refractivity contribution is 7.89. The van der Waals surface area contributed by atoms with Crippen LogP contribution in [0.15, 0.2) is 18.2 Å². The molecule has 0 saturated heterocycles. The molecule has 19 heavy (non-hydrogen) atoms. The molecule has 0 amide bonds. The number of aryl methyl sites for hydroxylation is 2. The maximum absolute atomic E-state index is 12.0. The first-order chi connectivity index (χ1) is 8.75. The third-order valence-corrected chi connectivity index (χ3v) is 5.27. The van der Waals surface area contributed by atoms with Crippen LogP contribution in [-0.4, -0.2) is 20.1 Å². The lowest BCUT2D eigenvalue weighted by atomic mass is 10.0. The SMILES string of the molecule is Cc1ccc(C)c(C(C)NS(=O)(=O)CC(C)CCl)c1. The van der Waals surface area contributed by atoms with Crippen molar-refractivity contribution in [2.45, 2.75) is 33.7 Å². The highest BCUT2D eigenvalue weighted by Gasteiger charge is 2.19. The van der Waals surface area contributed by atoms with E-state index in [2.05, 4.69) is 4.72 Å². The zero-order chi connectivity index (χ0) is 14.6. The predicted octanol–water partition coefficient (Wildman–Crippen LogP) is 3.16. The van der Waals surface area contributed by atoms with Crippen LogP contribution in [0, 0.1) is 19.8 Å². The van der Waals surface area contributed by atoms with Crippen LogP contribution in [0.25, 0.3) is 0 Å². The van der Waals surface area contributed by atoms with E-state index < -0.39 is 10.0 Å². The van der Waals surface area contributed by atoms with E-state index in [0.29, 0.717) is 5.88 Å². The molecule has 1 aromatic carbocycles. The van der Waals surface area contributed by atoms with Crippen molar-refractivity contribution in [3.05, 3.63) is 34.9 Å². The van der Waals surface area contributed by atoms with Gasteiger partial charge < -0.3 is 0 Å². The fourth-order valence-corrected chi connectivity index (χ4v) is 3.89. The van der Waals surface area contributed by atoms with E-state index in [1.54, 1.807) is 0 Å². The molecular formula is C14H22ClNO2S. The highest BCUT2D eigenvalue weighted by Crippen LogP contribution is 2.20. The van der Waals surface area contributed by atoms with Crippen LogP contribution < -0.4 is 4.72 Å². The monoisotopic (exact) mass is 303 g/mol. The van der Waals surface area contributed by atoms with E-state index >= 15 is 0 Å². The van der Waals surface area contributed by atoms with Crippen LogP contribution in [0.5, 0.6) is 0 Å². The fourth-order valence-electron chi connectivity index (χ4n) is 2.03. The summed E-state index contributed by atoms with van der Waals surface area (Å²) in [6.07, 6.45) is 0. The number of hydrogen-bond acceptors (Lipinski definition) is 2.